The van der Waals surface area contributed by atoms with Gasteiger partial charge >= 0.3 is 12.0 Å². The highest BCUT2D eigenvalue weighted by Crippen LogP contribution is 2.21. The van der Waals surface area contributed by atoms with Crippen LogP contribution in [0.1, 0.15) is 12.0 Å². The normalized spacial score (nSPS) is 14.7. The maximum atomic E-state index is 13.1. The second-order valence-corrected chi connectivity index (χ2v) is 5.10. The average molecular weight is 298 g/mol. The lowest BCUT2D eigenvalue weighted by Gasteiger charge is -2.39. The molecule has 0 aromatic heterocycles. The summed E-state index contributed by atoms with van der Waals surface area (Å²) >= 11 is 0. The van der Waals surface area contributed by atoms with Crippen molar-refractivity contribution < 1.29 is 23.5 Å². The number of carboxylic acid groups (broad SMARTS) is 1. The Kier molecular flexibility index (Phi) is 4.72. The summed E-state index contributed by atoms with van der Waals surface area (Å²) in [6.45, 7) is 1.15. The molecule has 1 aromatic carbocycles. The first-order valence-corrected chi connectivity index (χ1v) is 6.64. The predicted octanol–water partition coefficient (Wildman–Crippen LogP) is 1.62. The number of halogens is 2. The fraction of sp³-hybridized carbons (Fsp3) is 0.429. The number of hydrogen-bond acceptors (Lipinski definition) is 2. The van der Waals surface area contributed by atoms with E-state index in [9.17, 15) is 18.4 Å². The summed E-state index contributed by atoms with van der Waals surface area (Å²) in [6, 6.07) is 3.51. The van der Waals surface area contributed by atoms with Crippen molar-refractivity contribution in [2.75, 3.05) is 19.6 Å². The van der Waals surface area contributed by atoms with E-state index in [1.807, 2.05) is 0 Å². The molecule has 1 fully saturated rings. The molecule has 1 aliphatic rings. The molecular formula is C14H16F2N2O3. The summed E-state index contributed by atoms with van der Waals surface area (Å²) < 4.78 is 25.9. The van der Waals surface area contributed by atoms with Crippen molar-refractivity contribution >= 4 is 12.0 Å². The van der Waals surface area contributed by atoms with Crippen molar-refractivity contribution in [3.8, 4) is 0 Å². The van der Waals surface area contributed by atoms with E-state index in [1.165, 1.54) is 12.1 Å². The number of nitrogens with zero attached hydrogens (tertiary/aromatic N) is 1. The molecule has 0 radical (unpaired) electrons. The first-order chi connectivity index (χ1) is 9.95. The molecule has 1 heterocycles. The van der Waals surface area contributed by atoms with Crippen molar-refractivity contribution in [1.29, 1.82) is 0 Å². The third kappa shape index (κ3) is 4.14. The van der Waals surface area contributed by atoms with E-state index < -0.39 is 17.6 Å². The molecule has 0 saturated carbocycles. The molecule has 1 saturated heterocycles. The van der Waals surface area contributed by atoms with Crippen LogP contribution in [0.15, 0.2) is 18.2 Å². The molecule has 21 heavy (non-hydrogen) atoms. The number of hydrogen-bond donors (Lipinski definition) is 2. The van der Waals surface area contributed by atoms with Gasteiger partial charge in [0.15, 0.2) is 11.6 Å². The Bertz CT molecular complexity index is 545. The zero-order valence-corrected chi connectivity index (χ0v) is 11.3. The number of carbonyl (C=O) groups excluding carboxylic acids is 1. The summed E-state index contributed by atoms with van der Waals surface area (Å²) in [5, 5.41) is 11.0. The van der Waals surface area contributed by atoms with E-state index in [1.54, 1.807) is 4.90 Å². The van der Waals surface area contributed by atoms with E-state index in [4.69, 9.17) is 5.11 Å². The van der Waals surface area contributed by atoms with Crippen LogP contribution in [0.5, 0.6) is 0 Å². The van der Waals surface area contributed by atoms with Gasteiger partial charge in [-0.05, 0) is 30.0 Å². The topological polar surface area (TPSA) is 69.6 Å². The van der Waals surface area contributed by atoms with Gasteiger partial charge in [-0.3, -0.25) is 4.79 Å². The van der Waals surface area contributed by atoms with Crippen LogP contribution in [-0.4, -0.2) is 41.6 Å². The minimum atomic E-state index is -0.963. The van der Waals surface area contributed by atoms with Gasteiger partial charge in [0, 0.05) is 19.6 Å². The zero-order chi connectivity index (χ0) is 15.4. The molecule has 0 spiro atoms. The van der Waals surface area contributed by atoms with Crippen LogP contribution in [0.4, 0.5) is 13.6 Å². The third-order valence-corrected chi connectivity index (χ3v) is 3.37. The van der Waals surface area contributed by atoms with Crippen LogP contribution in [0.25, 0.3) is 0 Å². The van der Waals surface area contributed by atoms with E-state index in [2.05, 4.69) is 5.32 Å². The second kappa shape index (κ2) is 6.51. The summed E-state index contributed by atoms with van der Waals surface area (Å²) in [7, 11) is 0. The number of benzene rings is 1. The first-order valence-electron chi connectivity index (χ1n) is 6.64. The van der Waals surface area contributed by atoms with Gasteiger partial charge in [-0.1, -0.05) is 6.07 Å². The summed E-state index contributed by atoms with van der Waals surface area (Å²) in [6.07, 6.45) is 0.466. The van der Waals surface area contributed by atoms with Gasteiger partial charge in [0.1, 0.15) is 0 Å². The summed E-state index contributed by atoms with van der Waals surface area (Å²) in [5.74, 6) is -2.49. The van der Waals surface area contributed by atoms with Gasteiger partial charge in [-0.2, -0.15) is 0 Å². The predicted molar refractivity (Wildman–Crippen MR) is 70.8 cm³/mol. The minimum Gasteiger partial charge on any atom is -0.481 e. The Morgan fingerprint density at radius 3 is 2.62 bits per heavy atom. The molecule has 1 aromatic rings. The molecule has 2 N–H and O–H groups in total. The molecule has 0 atom stereocenters. The van der Waals surface area contributed by atoms with Gasteiger partial charge in [-0.15, -0.1) is 0 Å². The SMILES string of the molecule is O=C(O)CCNC(=O)N1CC(Cc2ccc(F)c(F)c2)C1. The highest BCUT2D eigenvalue weighted by molar-refractivity contribution is 5.76. The standard InChI is InChI=1S/C14H16F2N2O3/c15-11-2-1-9(6-12(11)16)5-10-7-18(8-10)14(21)17-4-3-13(19)20/h1-2,6,10H,3-5,7-8H2,(H,17,21)(H,19,20). The number of carboxylic acids is 1. The molecule has 114 valence electrons. The van der Waals surface area contributed by atoms with Crippen LogP contribution in [-0.2, 0) is 11.2 Å². The summed E-state index contributed by atoms with van der Waals surface area (Å²) in [5.41, 5.74) is 0.699. The Hall–Kier alpha value is -2.18. The lowest BCUT2D eigenvalue weighted by molar-refractivity contribution is -0.136. The van der Waals surface area contributed by atoms with Gasteiger partial charge < -0.3 is 15.3 Å². The number of urea groups is 1. The van der Waals surface area contributed by atoms with Crippen LogP contribution >= 0.6 is 0 Å². The van der Waals surface area contributed by atoms with Gasteiger partial charge in [0.2, 0.25) is 0 Å². The molecule has 0 bridgehead atoms. The number of nitrogens with one attached hydrogen (secondary N) is 1. The molecular weight excluding hydrogens is 282 g/mol. The van der Waals surface area contributed by atoms with Crippen molar-refractivity contribution in [3.05, 3.63) is 35.4 Å². The second-order valence-electron chi connectivity index (χ2n) is 5.10. The molecule has 2 rings (SSSR count). The summed E-state index contributed by atoms with van der Waals surface area (Å²) in [4.78, 5) is 23.5. The van der Waals surface area contributed by atoms with Crippen molar-refractivity contribution in [1.82, 2.24) is 10.2 Å². The average Bonchev–Trinajstić information content (AvgIpc) is 2.36. The molecule has 1 aliphatic heterocycles. The van der Waals surface area contributed by atoms with Crippen molar-refractivity contribution in [2.45, 2.75) is 12.8 Å². The molecule has 5 nitrogen and oxygen atoms in total. The lowest BCUT2D eigenvalue weighted by atomic mass is 9.92. The number of amides is 2. The van der Waals surface area contributed by atoms with Crippen LogP contribution in [0.2, 0.25) is 0 Å². The smallest absolute Gasteiger partial charge is 0.317 e. The first kappa shape index (κ1) is 15.2. The maximum Gasteiger partial charge on any atom is 0.317 e. The fourth-order valence-electron chi connectivity index (χ4n) is 2.25. The lowest BCUT2D eigenvalue weighted by Crippen LogP contribution is -2.54. The highest BCUT2D eigenvalue weighted by atomic mass is 19.2. The largest absolute Gasteiger partial charge is 0.481 e. The van der Waals surface area contributed by atoms with Crippen molar-refractivity contribution in [3.63, 3.8) is 0 Å². The van der Waals surface area contributed by atoms with Crippen LogP contribution in [0.3, 0.4) is 0 Å². The third-order valence-electron chi connectivity index (χ3n) is 3.37. The molecule has 0 aliphatic carbocycles. The molecule has 0 unspecified atom stereocenters. The molecule has 7 heteroatoms. The van der Waals surface area contributed by atoms with E-state index in [-0.39, 0.29) is 24.9 Å². The number of rotatable bonds is 5. The Balaban J connectivity index is 1.72. The van der Waals surface area contributed by atoms with Gasteiger partial charge in [0.05, 0.1) is 6.42 Å². The van der Waals surface area contributed by atoms with E-state index in [0.29, 0.717) is 25.1 Å². The number of likely N-dealkylation sites (tertiary alicyclic amines) is 1. The van der Waals surface area contributed by atoms with E-state index >= 15 is 0 Å². The van der Waals surface area contributed by atoms with Crippen LogP contribution < -0.4 is 5.32 Å². The molecule has 2 amide bonds. The minimum absolute atomic E-state index is 0.0957. The van der Waals surface area contributed by atoms with Crippen molar-refractivity contribution in [2.24, 2.45) is 5.92 Å². The Morgan fingerprint density at radius 1 is 1.29 bits per heavy atom. The monoisotopic (exact) mass is 298 g/mol. The Morgan fingerprint density at radius 2 is 2.00 bits per heavy atom. The van der Waals surface area contributed by atoms with Gasteiger partial charge in [0.25, 0.3) is 0 Å². The zero-order valence-electron chi connectivity index (χ0n) is 11.3. The van der Waals surface area contributed by atoms with Crippen LogP contribution in [0, 0.1) is 17.6 Å². The quantitative estimate of drug-likeness (QED) is 0.868. The van der Waals surface area contributed by atoms with Gasteiger partial charge in [-0.25, -0.2) is 13.6 Å². The number of aliphatic carboxylic acids is 1. The fourth-order valence-corrected chi connectivity index (χ4v) is 2.25. The number of carbonyl (C=O) groups is 2. The highest BCUT2D eigenvalue weighted by Gasteiger charge is 2.30. The van der Waals surface area contributed by atoms with E-state index in [0.717, 1.165) is 6.07 Å². The Labute approximate surface area is 120 Å². The maximum absolute atomic E-state index is 13.1.